The van der Waals surface area contributed by atoms with Crippen molar-refractivity contribution in [1.82, 2.24) is 4.90 Å². The van der Waals surface area contributed by atoms with Crippen molar-refractivity contribution < 1.29 is 42.8 Å². The number of ether oxygens (including phenoxy) is 6. The fourth-order valence-electron chi connectivity index (χ4n) is 9.76. The maximum absolute atomic E-state index is 10.7. The van der Waals surface area contributed by atoms with Gasteiger partial charge in [0.1, 0.15) is 11.8 Å². The van der Waals surface area contributed by atoms with Crippen molar-refractivity contribution >= 4 is 39.9 Å². The molecule has 6 bridgehead atoms. The number of hydrogen-bond donors (Lipinski definition) is 0. The van der Waals surface area contributed by atoms with Crippen LogP contribution in [0.15, 0.2) is 60.7 Å². The largest absolute Gasteiger partial charge is 0.550 e. The van der Waals surface area contributed by atoms with Crippen molar-refractivity contribution in [2.24, 2.45) is 0 Å². The van der Waals surface area contributed by atoms with Crippen LogP contribution >= 0.6 is 34.0 Å². The molecular formula is C50H66Br2N2O8. The number of unbranched alkanes of at least 4 members (excludes halogenated alkanes) is 8. The number of halogens is 2. The van der Waals surface area contributed by atoms with Crippen LogP contribution in [0.3, 0.4) is 0 Å². The van der Waals surface area contributed by atoms with Gasteiger partial charge in [0.2, 0.25) is 5.75 Å². The first-order valence-electron chi connectivity index (χ1n) is 22.0. The summed E-state index contributed by atoms with van der Waals surface area (Å²) in [6.45, 7) is 2.94. The number of rotatable bonds is 16. The number of carboxylic acid groups (broad SMARTS) is 1. The Morgan fingerprint density at radius 3 is 2.00 bits per heavy atom. The normalized spacial score (nSPS) is 18.9. The molecule has 0 aliphatic carbocycles. The van der Waals surface area contributed by atoms with Crippen LogP contribution in [0.2, 0.25) is 0 Å². The summed E-state index contributed by atoms with van der Waals surface area (Å²) >= 11 is 0. The van der Waals surface area contributed by atoms with Gasteiger partial charge in [-0.3, -0.25) is 4.90 Å². The number of nitrogens with zero attached hydrogens (tertiary/aromatic N) is 2. The van der Waals surface area contributed by atoms with E-state index < -0.39 is 5.97 Å². The van der Waals surface area contributed by atoms with Gasteiger partial charge in [-0.2, -0.15) is 0 Å². The minimum atomic E-state index is -0.946. The predicted molar refractivity (Wildman–Crippen MR) is 253 cm³/mol. The molecule has 4 aliphatic rings. The van der Waals surface area contributed by atoms with Gasteiger partial charge in [0.15, 0.2) is 34.5 Å². The van der Waals surface area contributed by atoms with Gasteiger partial charge in [-0.25, -0.2) is 0 Å². The summed E-state index contributed by atoms with van der Waals surface area (Å²) in [4.78, 5) is 13.2. The lowest BCUT2D eigenvalue weighted by molar-refractivity contribution is -0.941. The summed E-state index contributed by atoms with van der Waals surface area (Å²) in [7, 11) is 11.4. The summed E-state index contributed by atoms with van der Waals surface area (Å²) in [5.74, 6) is 4.48. The number of hydrogen-bond acceptors (Lipinski definition) is 9. The average molecular weight is 983 g/mol. The lowest BCUT2D eigenvalue weighted by Gasteiger charge is -2.46. The first-order valence-corrected chi connectivity index (χ1v) is 22.0. The van der Waals surface area contributed by atoms with Gasteiger partial charge in [0.25, 0.3) is 0 Å². The number of carboxylic acids is 1. The molecule has 3 atom stereocenters. The molecule has 62 heavy (non-hydrogen) atoms. The van der Waals surface area contributed by atoms with E-state index in [1.54, 1.807) is 28.4 Å². The van der Waals surface area contributed by atoms with E-state index in [9.17, 15) is 9.90 Å². The molecule has 10 nitrogen and oxygen atoms in total. The minimum Gasteiger partial charge on any atom is -0.550 e. The fraction of sp³-hybridized carbons (Fsp3) is 0.500. The van der Waals surface area contributed by atoms with Crippen LogP contribution in [-0.4, -0.2) is 77.5 Å². The van der Waals surface area contributed by atoms with Crippen LogP contribution in [0.4, 0.5) is 0 Å². The molecule has 0 N–H and O–H groups in total. The van der Waals surface area contributed by atoms with Crippen LogP contribution < -0.4 is 33.5 Å². The molecule has 12 heteroatoms. The number of carbonyl (C=O) groups is 1. The quantitative estimate of drug-likeness (QED) is 0.0803. The van der Waals surface area contributed by atoms with Crippen molar-refractivity contribution in [1.29, 1.82) is 0 Å². The predicted octanol–water partition coefficient (Wildman–Crippen LogP) is 10.5. The van der Waals surface area contributed by atoms with Gasteiger partial charge in [-0.15, -0.1) is 34.0 Å². The molecule has 0 saturated heterocycles. The Balaban J connectivity index is 0.00000363. The van der Waals surface area contributed by atoms with E-state index in [2.05, 4.69) is 73.6 Å². The molecule has 0 fully saturated rings. The summed E-state index contributed by atoms with van der Waals surface area (Å²) in [5.41, 5.74) is 7.22. The highest BCUT2D eigenvalue weighted by molar-refractivity contribution is 8.93. The van der Waals surface area contributed by atoms with E-state index in [0.29, 0.717) is 46.7 Å². The molecule has 4 aliphatic heterocycles. The smallest absolute Gasteiger partial charge is 0.204 e. The van der Waals surface area contributed by atoms with E-state index in [1.165, 1.54) is 41.5 Å². The summed E-state index contributed by atoms with van der Waals surface area (Å²) in [5, 5.41) is 10.7. The Bertz CT molecular complexity index is 2110. The van der Waals surface area contributed by atoms with Crippen LogP contribution in [0, 0.1) is 0 Å². The maximum Gasteiger partial charge on any atom is 0.204 e. The molecule has 3 unspecified atom stereocenters. The summed E-state index contributed by atoms with van der Waals surface area (Å²) < 4.78 is 38.9. The highest BCUT2D eigenvalue weighted by Crippen LogP contribution is 2.53. The number of likely N-dealkylation sites (N-methyl/N-ethyl adjacent to an activating group) is 2. The average Bonchev–Trinajstić information content (AvgIpc) is 3.24. The van der Waals surface area contributed by atoms with Gasteiger partial charge in [-0.05, 0) is 116 Å². The number of carbonyl (C=O) groups excluding carboxylic acids is 1. The van der Waals surface area contributed by atoms with Gasteiger partial charge in [0, 0.05) is 31.4 Å². The SMILES string of the molecule is Br.Br.COc1ccc2cc1Oc1ccc(cc1)CC1c3cc(c(OC)cc3CCN1C)Oc1c(OC)c(OC)cc3c1C(C2)[N+](C)(CCCCCCCCCCCC(=O)[O-])CC3. The highest BCUT2D eigenvalue weighted by atomic mass is 79.9. The second kappa shape index (κ2) is 22.6. The molecule has 0 radical (unpaired) electrons. The Kier molecular flexibility index (Phi) is 17.9. The van der Waals surface area contributed by atoms with Crippen molar-refractivity contribution in [3.8, 4) is 46.0 Å². The Morgan fingerprint density at radius 2 is 1.34 bits per heavy atom. The maximum atomic E-state index is 10.7. The monoisotopic (exact) mass is 980 g/mol. The van der Waals surface area contributed by atoms with Crippen LogP contribution in [-0.2, 0) is 30.5 Å². The number of fused-ring (bicyclic) bond motifs is 2. The van der Waals surface area contributed by atoms with E-state index in [1.807, 2.05) is 6.07 Å². The Hall–Kier alpha value is -3.97. The zero-order chi connectivity index (χ0) is 42.2. The molecule has 338 valence electrons. The molecule has 8 rings (SSSR count). The fourth-order valence-corrected chi connectivity index (χ4v) is 9.76. The molecular weight excluding hydrogens is 916 g/mol. The standard InChI is InChI=1S/C50H64N2O8.2BrH/c1-51-25-23-36-31-43(56-4)45-33-39(36)40(51)28-34-17-20-38(21-18-34)59-44-30-35(19-22-42(44)55-3)29-41-48-37(32-46(57-5)49(58-6)50(48)60-45)24-27-52(41,2)26-15-13-11-9-7-8-10-12-14-16-47(53)54;;/h17-22,30-33,40-41H,7-16,23-29H2,1-6H3;2*1H. The van der Waals surface area contributed by atoms with Crippen molar-refractivity contribution in [2.45, 2.75) is 102 Å². The third-order valence-electron chi connectivity index (χ3n) is 13.3. The van der Waals surface area contributed by atoms with Crippen molar-refractivity contribution in [3.63, 3.8) is 0 Å². The molecule has 0 saturated carbocycles. The van der Waals surface area contributed by atoms with E-state index >= 15 is 0 Å². The van der Waals surface area contributed by atoms with E-state index in [0.717, 1.165) is 98.8 Å². The first kappa shape index (κ1) is 49.1. The minimum absolute atomic E-state index is 0. The molecule has 4 aromatic rings. The topological polar surface area (TPSA) is 98.8 Å². The van der Waals surface area contributed by atoms with Gasteiger partial charge in [-0.1, -0.05) is 56.7 Å². The number of quaternary nitrogens is 1. The summed E-state index contributed by atoms with van der Waals surface area (Å²) in [6, 6.07) is 21.5. The van der Waals surface area contributed by atoms with Crippen molar-refractivity contribution in [3.05, 3.63) is 94.0 Å². The lowest BCUT2D eigenvalue weighted by Crippen LogP contribution is -2.52. The van der Waals surface area contributed by atoms with Gasteiger partial charge < -0.3 is 42.8 Å². The molecule has 4 heterocycles. The number of benzene rings is 4. The van der Waals surface area contributed by atoms with E-state index in [-0.39, 0.29) is 52.5 Å². The van der Waals surface area contributed by atoms with Crippen LogP contribution in [0.5, 0.6) is 46.0 Å². The molecule has 0 spiro atoms. The summed E-state index contributed by atoms with van der Waals surface area (Å²) in [6.07, 6.45) is 13.3. The third kappa shape index (κ3) is 11.2. The third-order valence-corrected chi connectivity index (χ3v) is 13.3. The second-order valence-corrected chi connectivity index (χ2v) is 17.2. The highest BCUT2D eigenvalue weighted by Gasteiger charge is 2.43. The zero-order valence-electron chi connectivity index (χ0n) is 37.4. The van der Waals surface area contributed by atoms with E-state index in [4.69, 9.17) is 28.4 Å². The molecule has 0 amide bonds. The van der Waals surface area contributed by atoms with Crippen LogP contribution in [0.1, 0.15) is 110 Å². The van der Waals surface area contributed by atoms with Gasteiger partial charge in [0.05, 0.1) is 54.1 Å². The number of methoxy groups -OCH3 is 4. The zero-order valence-corrected chi connectivity index (χ0v) is 40.9. The second-order valence-electron chi connectivity index (χ2n) is 17.2. The molecule has 0 aromatic heterocycles. The first-order chi connectivity index (χ1) is 29.1. The number of aliphatic carboxylic acids is 1. The van der Waals surface area contributed by atoms with Gasteiger partial charge >= 0.3 is 0 Å². The van der Waals surface area contributed by atoms with Crippen molar-refractivity contribution in [2.75, 3.05) is 62.2 Å². The Morgan fingerprint density at radius 1 is 0.710 bits per heavy atom. The lowest BCUT2D eigenvalue weighted by atomic mass is 9.85. The molecule has 4 aromatic carbocycles. The Labute approximate surface area is 389 Å². The van der Waals surface area contributed by atoms with Crippen LogP contribution in [0.25, 0.3) is 0 Å².